The summed E-state index contributed by atoms with van der Waals surface area (Å²) in [6, 6.07) is 0.949. The molecule has 1 unspecified atom stereocenters. The third-order valence-corrected chi connectivity index (χ3v) is 2.16. The Hall–Kier alpha value is 0.170. The van der Waals surface area contributed by atoms with Gasteiger partial charge in [-0.25, -0.2) is 0 Å². The first-order valence-electron chi connectivity index (χ1n) is 4.40. The molecule has 0 aromatic heterocycles. The smallest absolute Gasteiger partial charge is 0.0193 e. The van der Waals surface area contributed by atoms with Crippen molar-refractivity contribution in [2.75, 3.05) is 26.2 Å². The van der Waals surface area contributed by atoms with Gasteiger partial charge in [0.05, 0.1) is 0 Å². The van der Waals surface area contributed by atoms with Crippen molar-refractivity contribution in [1.82, 2.24) is 10.2 Å². The molecule has 12 heavy (non-hydrogen) atoms. The number of hydrogen-bond acceptors (Lipinski definition) is 3. The maximum atomic E-state index is 5.72. The summed E-state index contributed by atoms with van der Waals surface area (Å²) in [5.41, 5.74) is 5.72. The zero-order chi connectivity index (χ0) is 8.27. The minimum absolute atomic E-state index is 0. The standard InChI is InChI=1S/C8H19N3.ClH/c1-7(9)6-11-4-3-10-5-8(11)2;/h7-8,10H,3-6,9H2,1-2H3;1H/t7?,8-;/m1./s1. The van der Waals surface area contributed by atoms with Gasteiger partial charge in [0.25, 0.3) is 0 Å². The Morgan fingerprint density at radius 2 is 2.33 bits per heavy atom. The lowest BCUT2D eigenvalue weighted by atomic mass is 10.2. The van der Waals surface area contributed by atoms with E-state index in [9.17, 15) is 0 Å². The van der Waals surface area contributed by atoms with E-state index in [0.29, 0.717) is 12.1 Å². The van der Waals surface area contributed by atoms with E-state index in [4.69, 9.17) is 5.73 Å². The van der Waals surface area contributed by atoms with Crippen LogP contribution in [0.5, 0.6) is 0 Å². The summed E-state index contributed by atoms with van der Waals surface area (Å²) in [7, 11) is 0. The minimum Gasteiger partial charge on any atom is -0.327 e. The molecule has 1 aliphatic rings. The highest BCUT2D eigenvalue weighted by molar-refractivity contribution is 5.85. The van der Waals surface area contributed by atoms with Crippen LogP contribution in [0.4, 0.5) is 0 Å². The lowest BCUT2D eigenvalue weighted by Crippen LogP contribution is -2.52. The molecule has 74 valence electrons. The lowest BCUT2D eigenvalue weighted by molar-refractivity contribution is 0.166. The molecule has 0 radical (unpaired) electrons. The van der Waals surface area contributed by atoms with Gasteiger partial charge in [0, 0.05) is 38.3 Å². The van der Waals surface area contributed by atoms with Crippen molar-refractivity contribution in [2.45, 2.75) is 25.9 Å². The summed E-state index contributed by atoms with van der Waals surface area (Å²) in [5.74, 6) is 0. The van der Waals surface area contributed by atoms with Crippen molar-refractivity contribution < 1.29 is 0 Å². The first kappa shape index (κ1) is 12.2. The number of nitrogens with two attached hydrogens (primary N) is 1. The molecule has 4 heteroatoms. The van der Waals surface area contributed by atoms with Crippen LogP contribution in [0, 0.1) is 0 Å². The van der Waals surface area contributed by atoms with Crippen LogP contribution >= 0.6 is 12.4 Å². The Labute approximate surface area is 81.1 Å². The van der Waals surface area contributed by atoms with E-state index < -0.39 is 0 Å². The molecule has 1 rings (SSSR count). The van der Waals surface area contributed by atoms with Crippen molar-refractivity contribution >= 4 is 12.4 Å². The largest absolute Gasteiger partial charge is 0.327 e. The molecule has 0 aromatic rings. The Morgan fingerprint density at radius 1 is 1.67 bits per heavy atom. The van der Waals surface area contributed by atoms with Crippen LogP contribution in [0.15, 0.2) is 0 Å². The maximum absolute atomic E-state index is 5.72. The molecule has 3 nitrogen and oxygen atoms in total. The zero-order valence-corrected chi connectivity index (χ0v) is 8.73. The van der Waals surface area contributed by atoms with E-state index in [1.54, 1.807) is 0 Å². The van der Waals surface area contributed by atoms with Crippen LogP contribution in [-0.4, -0.2) is 43.2 Å². The number of piperazine rings is 1. The molecule has 0 aliphatic carbocycles. The second-order valence-corrected chi connectivity index (χ2v) is 3.53. The first-order valence-corrected chi connectivity index (χ1v) is 4.40. The Kier molecular flexibility index (Phi) is 5.84. The predicted molar refractivity (Wildman–Crippen MR) is 54.8 cm³/mol. The van der Waals surface area contributed by atoms with Crippen molar-refractivity contribution in [1.29, 1.82) is 0 Å². The fourth-order valence-electron chi connectivity index (χ4n) is 1.52. The van der Waals surface area contributed by atoms with Gasteiger partial charge in [-0.1, -0.05) is 0 Å². The molecule has 0 bridgehead atoms. The van der Waals surface area contributed by atoms with Crippen molar-refractivity contribution in [3.8, 4) is 0 Å². The highest BCUT2D eigenvalue weighted by atomic mass is 35.5. The third-order valence-electron chi connectivity index (χ3n) is 2.16. The van der Waals surface area contributed by atoms with Crippen LogP contribution in [-0.2, 0) is 0 Å². The van der Waals surface area contributed by atoms with Crippen LogP contribution < -0.4 is 11.1 Å². The summed E-state index contributed by atoms with van der Waals surface area (Å²) >= 11 is 0. The topological polar surface area (TPSA) is 41.3 Å². The normalized spacial score (nSPS) is 27.8. The fourth-order valence-corrected chi connectivity index (χ4v) is 1.52. The zero-order valence-electron chi connectivity index (χ0n) is 7.92. The summed E-state index contributed by atoms with van der Waals surface area (Å²) in [4.78, 5) is 2.45. The van der Waals surface area contributed by atoms with E-state index in [1.807, 2.05) is 0 Å². The fraction of sp³-hybridized carbons (Fsp3) is 1.00. The number of halogens is 1. The van der Waals surface area contributed by atoms with Crippen molar-refractivity contribution in [2.24, 2.45) is 5.73 Å². The molecule has 0 spiro atoms. The quantitative estimate of drug-likeness (QED) is 0.652. The summed E-state index contributed by atoms with van der Waals surface area (Å²) in [5, 5.41) is 3.36. The van der Waals surface area contributed by atoms with Gasteiger partial charge in [-0.2, -0.15) is 0 Å². The number of nitrogens with zero attached hydrogens (tertiary/aromatic N) is 1. The highest BCUT2D eigenvalue weighted by Crippen LogP contribution is 2.01. The molecule has 1 heterocycles. The second-order valence-electron chi connectivity index (χ2n) is 3.53. The monoisotopic (exact) mass is 193 g/mol. The van der Waals surface area contributed by atoms with E-state index in [0.717, 1.165) is 26.2 Å². The number of rotatable bonds is 2. The van der Waals surface area contributed by atoms with Gasteiger partial charge in [-0.05, 0) is 13.8 Å². The molecule has 3 N–H and O–H groups in total. The SMILES string of the molecule is CC(N)CN1CCNC[C@H]1C.Cl. The Bertz CT molecular complexity index is 119. The average molecular weight is 194 g/mol. The molecule has 0 saturated carbocycles. The molecule has 1 fully saturated rings. The second kappa shape index (κ2) is 5.75. The molecule has 1 saturated heterocycles. The van der Waals surface area contributed by atoms with Crippen LogP contribution in [0.25, 0.3) is 0 Å². The Balaban J connectivity index is 0.00000121. The minimum atomic E-state index is 0. The van der Waals surface area contributed by atoms with Gasteiger partial charge in [-0.15, -0.1) is 12.4 Å². The molecule has 2 atom stereocenters. The molecular weight excluding hydrogens is 174 g/mol. The lowest BCUT2D eigenvalue weighted by Gasteiger charge is -2.34. The van der Waals surface area contributed by atoms with E-state index in [1.165, 1.54) is 0 Å². The summed E-state index contributed by atoms with van der Waals surface area (Å²) in [6.07, 6.45) is 0. The van der Waals surface area contributed by atoms with Crippen molar-refractivity contribution in [3.63, 3.8) is 0 Å². The number of nitrogens with one attached hydrogen (secondary N) is 1. The van der Waals surface area contributed by atoms with E-state index in [-0.39, 0.29) is 12.4 Å². The summed E-state index contributed by atoms with van der Waals surface area (Å²) in [6.45, 7) is 8.69. The molecule has 0 aromatic carbocycles. The van der Waals surface area contributed by atoms with Gasteiger partial charge in [0.2, 0.25) is 0 Å². The van der Waals surface area contributed by atoms with E-state index in [2.05, 4.69) is 24.1 Å². The van der Waals surface area contributed by atoms with Gasteiger partial charge < -0.3 is 11.1 Å². The van der Waals surface area contributed by atoms with Crippen LogP contribution in [0.1, 0.15) is 13.8 Å². The van der Waals surface area contributed by atoms with Crippen molar-refractivity contribution in [3.05, 3.63) is 0 Å². The van der Waals surface area contributed by atoms with Gasteiger partial charge >= 0.3 is 0 Å². The Morgan fingerprint density at radius 3 is 2.83 bits per heavy atom. The average Bonchev–Trinajstić information content (AvgIpc) is 1.93. The third kappa shape index (κ3) is 3.72. The molecule has 1 aliphatic heterocycles. The van der Waals surface area contributed by atoms with Crippen LogP contribution in [0.2, 0.25) is 0 Å². The highest BCUT2D eigenvalue weighted by Gasteiger charge is 2.17. The predicted octanol–water partition coefficient (Wildman–Crippen LogP) is 0.0491. The molecule has 0 amide bonds. The molecular formula is C8H20ClN3. The van der Waals surface area contributed by atoms with Crippen LogP contribution in [0.3, 0.4) is 0 Å². The summed E-state index contributed by atoms with van der Waals surface area (Å²) < 4.78 is 0. The first-order chi connectivity index (χ1) is 5.20. The van der Waals surface area contributed by atoms with E-state index >= 15 is 0 Å². The maximum Gasteiger partial charge on any atom is 0.0193 e. The van der Waals surface area contributed by atoms with Gasteiger partial charge in [-0.3, -0.25) is 4.90 Å². The number of hydrogen-bond donors (Lipinski definition) is 2. The van der Waals surface area contributed by atoms with Gasteiger partial charge in [0.1, 0.15) is 0 Å². The van der Waals surface area contributed by atoms with Gasteiger partial charge in [0.15, 0.2) is 0 Å².